The molecule has 126 valence electrons. The predicted molar refractivity (Wildman–Crippen MR) is 91.8 cm³/mol. The lowest BCUT2D eigenvalue weighted by Crippen LogP contribution is -2.38. The molecule has 0 aromatic carbocycles. The van der Waals surface area contributed by atoms with Gasteiger partial charge in [0.05, 0.1) is 0 Å². The largest absolute Gasteiger partial charge is 0.356 e. The molecular weight excluding hydrogens is 296 g/mol. The second kappa shape index (κ2) is 8.92. The van der Waals surface area contributed by atoms with E-state index in [0.29, 0.717) is 5.92 Å². The highest BCUT2D eigenvalue weighted by Gasteiger charge is 2.28. The van der Waals surface area contributed by atoms with Crippen molar-refractivity contribution in [2.75, 3.05) is 20.1 Å². The van der Waals surface area contributed by atoms with Crippen LogP contribution in [0.3, 0.4) is 0 Å². The van der Waals surface area contributed by atoms with Gasteiger partial charge in [-0.15, -0.1) is 12.6 Å². The fourth-order valence-corrected chi connectivity index (χ4v) is 4.18. The van der Waals surface area contributed by atoms with Gasteiger partial charge < -0.3 is 10.6 Å². The average molecular weight is 327 g/mol. The summed E-state index contributed by atoms with van der Waals surface area (Å²) in [7, 11) is 1.99. The lowest BCUT2D eigenvalue weighted by molar-refractivity contribution is -0.126. The van der Waals surface area contributed by atoms with E-state index in [1.807, 2.05) is 7.05 Å². The van der Waals surface area contributed by atoms with Gasteiger partial charge in [-0.05, 0) is 76.8 Å². The van der Waals surface area contributed by atoms with E-state index in [1.165, 1.54) is 0 Å². The Hall–Kier alpha value is -0.550. The van der Waals surface area contributed by atoms with Gasteiger partial charge in [0.2, 0.25) is 5.91 Å². The van der Waals surface area contributed by atoms with Crippen LogP contribution in [0.5, 0.6) is 0 Å². The Balaban J connectivity index is 1.63. The zero-order chi connectivity index (χ0) is 15.9. The van der Waals surface area contributed by atoms with Gasteiger partial charge >= 0.3 is 0 Å². The van der Waals surface area contributed by atoms with E-state index in [1.54, 1.807) is 0 Å². The van der Waals surface area contributed by atoms with Gasteiger partial charge in [0, 0.05) is 18.4 Å². The first-order valence-electron chi connectivity index (χ1n) is 8.75. The zero-order valence-corrected chi connectivity index (χ0v) is 14.5. The van der Waals surface area contributed by atoms with Crippen LogP contribution >= 0.6 is 12.6 Å². The summed E-state index contributed by atoms with van der Waals surface area (Å²) in [6, 6.07) is 0. The van der Waals surface area contributed by atoms with Crippen LogP contribution in [0, 0.1) is 23.7 Å². The van der Waals surface area contributed by atoms with Crippen LogP contribution in [0.25, 0.3) is 0 Å². The Morgan fingerprint density at radius 3 is 1.86 bits per heavy atom. The Morgan fingerprint density at radius 1 is 0.864 bits per heavy atom. The van der Waals surface area contributed by atoms with E-state index in [9.17, 15) is 9.59 Å². The molecule has 0 aliphatic heterocycles. The second-order valence-corrected chi connectivity index (χ2v) is 7.52. The molecule has 0 atom stereocenters. The number of carbonyl (C=O) groups is 2. The van der Waals surface area contributed by atoms with Crippen LogP contribution in [0.2, 0.25) is 0 Å². The maximum Gasteiger partial charge on any atom is 0.223 e. The molecule has 4 nitrogen and oxygen atoms in total. The Kier molecular flexibility index (Phi) is 7.22. The number of carbonyl (C=O) groups excluding carboxylic acids is 2. The SMILES string of the molecule is CNCC1CCC(C(=O)NCC2CCC(C(=O)S)CC2)CC1. The average Bonchev–Trinajstić information content (AvgIpc) is 2.54. The maximum absolute atomic E-state index is 12.3. The first-order chi connectivity index (χ1) is 10.6. The van der Waals surface area contributed by atoms with Gasteiger partial charge in [0.25, 0.3) is 0 Å². The van der Waals surface area contributed by atoms with Crippen molar-refractivity contribution in [1.29, 1.82) is 0 Å². The minimum absolute atomic E-state index is 0.0285. The number of hydrogen-bond acceptors (Lipinski definition) is 3. The van der Waals surface area contributed by atoms with Crippen LogP contribution in [0.1, 0.15) is 51.4 Å². The highest BCUT2D eigenvalue weighted by molar-refractivity contribution is 7.96. The van der Waals surface area contributed by atoms with Gasteiger partial charge in [0.1, 0.15) is 0 Å². The summed E-state index contributed by atoms with van der Waals surface area (Å²) in [5, 5.41) is 6.41. The van der Waals surface area contributed by atoms with Crippen molar-refractivity contribution in [2.24, 2.45) is 23.7 Å². The molecule has 2 aliphatic rings. The van der Waals surface area contributed by atoms with Crippen molar-refractivity contribution in [3.05, 3.63) is 0 Å². The van der Waals surface area contributed by atoms with Crippen LogP contribution in [-0.4, -0.2) is 31.2 Å². The van der Waals surface area contributed by atoms with E-state index >= 15 is 0 Å². The van der Waals surface area contributed by atoms with Gasteiger partial charge in [-0.3, -0.25) is 9.59 Å². The molecule has 0 saturated heterocycles. The lowest BCUT2D eigenvalue weighted by atomic mass is 9.81. The Morgan fingerprint density at radius 2 is 1.36 bits per heavy atom. The predicted octanol–water partition coefficient (Wildman–Crippen LogP) is 2.39. The third kappa shape index (κ3) is 5.27. The molecule has 2 N–H and O–H groups in total. The highest BCUT2D eigenvalue weighted by atomic mass is 32.1. The van der Waals surface area contributed by atoms with E-state index in [-0.39, 0.29) is 22.9 Å². The van der Waals surface area contributed by atoms with Gasteiger partial charge in [-0.1, -0.05) is 0 Å². The summed E-state index contributed by atoms with van der Waals surface area (Å²) in [5.41, 5.74) is 0. The van der Waals surface area contributed by atoms with Gasteiger partial charge in [-0.25, -0.2) is 0 Å². The summed E-state index contributed by atoms with van der Waals surface area (Å²) in [6.45, 7) is 1.85. The number of nitrogens with one attached hydrogen (secondary N) is 2. The third-order valence-corrected chi connectivity index (χ3v) is 5.84. The second-order valence-electron chi connectivity index (χ2n) is 7.08. The van der Waals surface area contributed by atoms with Crippen LogP contribution in [0.15, 0.2) is 0 Å². The summed E-state index contributed by atoms with van der Waals surface area (Å²) in [6.07, 6.45) is 8.30. The molecule has 2 aliphatic carbocycles. The van der Waals surface area contributed by atoms with Crippen molar-refractivity contribution in [2.45, 2.75) is 51.4 Å². The van der Waals surface area contributed by atoms with Crippen LogP contribution in [0.4, 0.5) is 0 Å². The molecule has 0 spiro atoms. The summed E-state index contributed by atoms with van der Waals surface area (Å²) >= 11 is 3.93. The first-order valence-corrected chi connectivity index (χ1v) is 9.20. The normalized spacial score (nSPS) is 32.5. The summed E-state index contributed by atoms with van der Waals surface area (Å²) in [4.78, 5) is 23.5. The van der Waals surface area contributed by atoms with E-state index in [4.69, 9.17) is 0 Å². The smallest absolute Gasteiger partial charge is 0.223 e. The molecule has 0 unspecified atom stereocenters. The Bertz CT molecular complexity index is 373. The maximum atomic E-state index is 12.3. The summed E-state index contributed by atoms with van der Waals surface area (Å²) in [5.74, 6) is 1.87. The molecule has 1 amide bonds. The number of amides is 1. The molecule has 2 saturated carbocycles. The minimum atomic E-state index is 0.0285. The van der Waals surface area contributed by atoms with Crippen molar-refractivity contribution in [1.82, 2.24) is 10.6 Å². The van der Waals surface area contributed by atoms with E-state index in [2.05, 4.69) is 23.3 Å². The lowest BCUT2D eigenvalue weighted by Gasteiger charge is -2.29. The molecule has 0 heterocycles. The third-order valence-electron chi connectivity index (χ3n) is 5.47. The molecule has 22 heavy (non-hydrogen) atoms. The van der Waals surface area contributed by atoms with Gasteiger partial charge in [0.15, 0.2) is 5.12 Å². The standard InChI is InChI=1S/C17H30N2O2S/c1-18-10-12-2-6-14(7-3-12)16(20)19-11-13-4-8-15(9-5-13)17(21)22/h12-15,18H,2-11H2,1H3,(H,19,20)(H,21,22). The highest BCUT2D eigenvalue weighted by Crippen LogP contribution is 2.31. The van der Waals surface area contributed by atoms with Crippen molar-refractivity contribution in [3.8, 4) is 0 Å². The Labute approximate surface area is 139 Å². The summed E-state index contributed by atoms with van der Waals surface area (Å²) < 4.78 is 0. The molecular formula is C17H30N2O2S. The molecule has 0 aromatic rings. The van der Waals surface area contributed by atoms with Crippen LogP contribution < -0.4 is 10.6 Å². The molecule has 0 bridgehead atoms. The molecule has 0 radical (unpaired) electrons. The molecule has 2 rings (SSSR count). The molecule has 2 fully saturated rings. The fraction of sp³-hybridized carbons (Fsp3) is 0.882. The topological polar surface area (TPSA) is 58.2 Å². The van der Waals surface area contributed by atoms with Crippen molar-refractivity contribution in [3.63, 3.8) is 0 Å². The quantitative estimate of drug-likeness (QED) is 0.657. The van der Waals surface area contributed by atoms with E-state index in [0.717, 1.165) is 70.4 Å². The number of hydrogen-bond donors (Lipinski definition) is 3. The molecule has 0 aromatic heterocycles. The van der Waals surface area contributed by atoms with Gasteiger partial charge in [-0.2, -0.15) is 0 Å². The number of thiol groups is 1. The fourth-order valence-electron chi connectivity index (χ4n) is 3.92. The van der Waals surface area contributed by atoms with Crippen LogP contribution in [-0.2, 0) is 9.59 Å². The monoisotopic (exact) mass is 326 g/mol. The van der Waals surface area contributed by atoms with Crippen molar-refractivity contribution < 1.29 is 9.59 Å². The molecule has 5 heteroatoms. The van der Waals surface area contributed by atoms with E-state index < -0.39 is 0 Å². The minimum Gasteiger partial charge on any atom is -0.356 e. The first kappa shape index (κ1) is 17.8. The van der Waals surface area contributed by atoms with Crippen molar-refractivity contribution >= 4 is 23.7 Å². The number of rotatable bonds is 6. The zero-order valence-electron chi connectivity index (χ0n) is 13.6.